The maximum atomic E-state index is 12.0. The highest BCUT2D eigenvalue weighted by Crippen LogP contribution is 2.25. The van der Waals surface area contributed by atoms with Crippen molar-refractivity contribution in [2.24, 2.45) is 5.73 Å². The molecule has 1 aliphatic rings. The van der Waals surface area contributed by atoms with Crippen molar-refractivity contribution in [3.05, 3.63) is 0 Å². The summed E-state index contributed by atoms with van der Waals surface area (Å²) in [7, 11) is 0. The van der Waals surface area contributed by atoms with Crippen molar-refractivity contribution >= 4 is 5.91 Å². The number of carbonyl (C=O) groups excluding carboxylic acids is 1. The quantitative estimate of drug-likeness (QED) is 0.119. The predicted molar refractivity (Wildman–Crippen MR) is 98.7 cm³/mol. The second-order valence-electron chi connectivity index (χ2n) is 6.81. The summed E-state index contributed by atoms with van der Waals surface area (Å²) in [5, 5.41) is 83.6. The molecule has 1 fully saturated rings. The number of carbonyl (C=O) groups is 1. The standard InChI is InChI=1S/C16H33N3O11/c17-1-2-18-3-4-19-15(28)12(26)11(25)14(7(22)5-20)30-16-13(27)10(24)9(23)8(6-21)29-16/h7-14,16,18,20-27H,1-6,17H2,(H,19,28)/t7?,8?,9-,10?,11?,12?,13?,14?,16-/m0/s1. The highest BCUT2D eigenvalue weighted by Gasteiger charge is 2.47. The molecule has 14 heteroatoms. The molecule has 1 saturated heterocycles. The predicted octanol–water partition coefficient (Wildman–Crippen LogP) is -7.09. The van der Waals surface area contributed by atoms with Gasteiger partial charge in [-0.25, -0.2) is 0 Å². The van der Waals surface area contributed by atoms with Gasteiger partial charge in [0.25, 0.3) is 5.91 Å². The fraction of sp³-hybridized carbons (Fsp3) is 0.938. The zero-order valence-corrected chi connectivity index (χ0v) is 16.3. The number of hydrogen-bond donors (Lipinski definition) is 11. The largest absolute Gasteiger partial charge is 0.394 e. The molecule has 1 heterocycles. The van der Waals surface area contributed by atoms with Crippen LogP contribution in [0.4, 0.5) is 0 Å². The number of nitrogens with one attached hydrogen (secondary N) is 2. The minimum Gasteiger partial charge on any atom is -0.394 e. The lowest BCUT2D eigenvalue weighted by atomic mass is 9.98. The zero-order chi connectivity index (χ0) is 22.8. The lowest BCUT2D eigenvalue weighted by Gasteiger charge is -2.42. The molecule has 14 nitrogen and oxygen atoms in total. The van der Waals surface area contributed by atoms with Crippen LogP contribution in [0.3, 0.4) is 0 Å². The molecule has 30 heavy (non-hydrogen) atoms. The van der Waals surface area contributed by atoms with Crippen LogP contribution in [0.25, 0.3) is 0 Å². The van der Waals surface area contributed by atoms with Gasteiger partial charge in [-0.1, -0.05) is 0 Å². The molecule has 9 atom stereocenters. The van der Waals surface area contributed by atoms with Crippen molar-refractivity contribution in [3.63, 3.8) is 0 Å². The van der Waals surface area contributed by atoms with E-state index in [4.69, 9.17) is 15.2 Å². The molecule has 0 aromatic rings. The first-order valence-electron chi connectivity index (χ1n) is 9.49. The molecule has 0 bridgehead atoms. The molecular formula is C16H33N3O11. The van der Waals surface area contributed by atoms with Gasteiger partial charge >= 0.3 is 0 Å². The molecule has 1 rings (SSSR count). The minimum absolute atomic E-state index is 0.101. The SMILES string of the molecule is NCCNCCNC(=O)C(O)C(O)C(O[C@@H]1OC(CO)[C@H](O)C(O)C1O)C(O)CO. The van der Waals surface area contributed by atoms with Gasteiger partial charge in [-0.2, -0.15) is 0 Å². The Morgan fingerprint density at radius 2 is 1.70 bits per heavy atom. The van der Waals surface area contributed by atoms with E-state index in [2.05, 4.69) is 10.6 Å². The fourth-order valence-corrected chi connectivity index (χ4v) is 2.78. The summed E-state index contributed by atoms with van der Waals surface area (Å²) >= 11 is 0. The van der Waals surface area contributed by atoms with Crippen molar-refractivity contribution in [1.82, 2.24) is 10.6 Å². The van der Waals surface area contributed by atoms with Gasteiger partial charge in [-0.15, -0.1) is 0 Å². The van der Waals surface area contributed by atoms with E-state index < -0.39 is 74.2 Å². The van der Waals surface area contributed by atoms with Crippen LogP contribution < -0.4 is 16.4 Å². The van der Waals surface area contributed by atoms with E-state index >= 15 is 0 Å². The maximum absolute atomic E-state index is 12.0. The van der Waals surface area contributed by atoms with E-state index in [0.29, 0.717) is 19.6 Å². The van der Waals surface area contributed by atoms with Crippen molar-refractivity contribution in [3.8, 4) is 0 Å². The van der Waals surface area contributed by atoms with Crippen LogP contribution in [0, 0.1) is 0 Å². The Hall–Kier alpha value is -1.01. The van der Waals surface area contributed by atoms with Crippen LogP contribution in [-0.4, -0.2) is 141 Å². The van der Waals surface area contributed by atoms with Gasteiger partial charge in [-0.3, -0.25) is 4.79 Å². The van der Waals surface area contributed by atoms with E-state index in [1.54, 1.807) is 0 Å². The molecule has 1 aliphatic heterocycles. The third-order valence-electron chi connectivity index (χ3n) is 4.56. The summed E-state index contributed by atoms with van der Waals surface area (Å²) in [4.78, 5) is 12.0. The second-order valence-corrected chi connectivity index (χ2v) is 6.81. The molecule has 0 aromatic carbocycles. The van der Waals surface area contributed by atoms with Gasteiger partial charge in [0, 0.05) is 26.2 Å². The average Bonchev–Trinajstić information content (AvgIpc) is 2.75. The first-order valence-corrected chi connectivity index (χ1v) is 9.49. The smallest absolute Gasteiger partial charge is 0.251 e. The molecule has 0 aromatic heterocycles. The first kappa shape index (κ1) is 27.0. The van der Waals surface area contributed by atoms with Gasteiger partial charge in [0.15, 0.2) is 12.4 Å². The number of amides is 1. The van der Waals surface area contributed by atoms with Crippen molar-refractivity contribution in [1.29, 1.82) is 0 Å². The van der Waals surface area contributed by atoms with Crippen LogP contribution in [-0.2, 0) is 14.3 Å². The summed E-state index contributed by atoms with van der Waals surface area (Å²) in [6, 6.07) is 0. The molecule has 12 N–H and O–H groups in total. The first-order chi connectivity index (χ1) is 14.2. The Balaban J connectivity index is 2.79. The molecule has 7 unspecified atom stereocenters. The summed E-state index contributed by atoms with van der Waals surface area (Å²) in [6.07, 6.45) is -16.2. The Bertz CT molecular complexity index is 501. The van der Waals surface area contributed by atoms with Crippen LogP contribution in [0.1, 0.15) is 0 Å². The van der Waals surface area contributed by atoms with Crippen molar-refractivity contribution < 1.29 is 55.1 Å². The van der Waals surface area contributed by atoms with Crippen LogP contribution >= 0.6 is 0 Å². The molecule has 0 spiro atoms. The second kappa shape index (κ2) is 13.4. The number of aliphatic hydroxyl groups excluding tert-OH is 8. The minimum atomic E-state index is -2.09. The van der Waals surface area contributed by atoms with Gasteiger partial charge in [0.2, 0.25) is 0 Å². The number of nitrogens with two attached hydrogens (primary N) is 1. The van der Waals surface area contributed by atoms with Crippen molar-refractivity contribution in [2.45, 2.75) is 55.1 Å². The number of ether oxygens (including phenoxy) is 2. The maximum Gasteiger partial charge on any atom is 0.251 e. The number of aliphatic hydroxyl groups is 8. The van der Waals surface area contributed by atoms with Crippen molar-refractivity contribution in [2.75, 3.05) is 39.4 Å². The van der Waals surface area contributed by atoms with Gasteiger partial charge in [0.05, 0.1) is 13.2 Å². The summed E-state index contributed by atoms with van der Waals surface area (Å²) in [5.41, 5.74) is 5.30. The highest BCUT2D eigenvalue weighted by atomic mass is 16.7. The summed E-state index contributed by atoms with van der Waals surface area (Å²) in [6.45, 7) is -0.344. The Morgan fingerprint density at radius 3 is 2.27 bits per heavy atom. The summed E-state index contributed by atoms with van der Waals surface area (Å²) in [5.74, 6) is -0.996. The summed E-state index contributed by atoms with van der Waals surface area (Å²) < 4.78 is 10.3. The Morgan fingerprint density at radius 1 is 1.03 bits per heavy atom. The number of hydrogen-bond acceptors (Lipinski definition) is 13. The average molecular weight is 443 g/mol. The third-order valence-corrected chi connectivity index (χ3v) is 4.56. The Kier molecular flexibility index (Phi) is 12.1. The van der Waals surface area contributed by atoms with E-state index in [9.17, 15) is 45.6 Å². The normalized spacial score (nSPS) is 31.0. The lowest BCUT2D eigenvalue weighted by molar-refractivity contribution is -0.326. The number of rotatable bonds is 13. The fourth-order valence-electron chi connectivity index (χ4n) is 2.78. The van der Waals surface area contributed by atoms with E-state index in [1.807, 2.05) is 0 Å². The van der Waals surface area contributed by atoms with Gasteiger partial charge < -0.3 is 66.7 Å². The van der Waals surface area contributed by atoms with Crippen LogP contribution in [0.2, 0.25) is 0 Å². The van der Waals surface area contributed by atoms with Crippen LogP contribution in [0.15, 0.2) is 0 Å². The molecular weight excluding hydrogens is 410 g/mol. The Labute approximate surface area is 172 Å². The van der Waals surface area contributed by atoms with Gasteiger partial charge in [-0.05, 0) is 0 Å². The topological polar surface area (TPSA) is 247 Å². The molecule has 0 saturated carbocycles. The zero-order valence-electron chi connectivity index (χ0n) is 16.3. The molecule has 1 amide bonds. The lowest BCUT2D eigenvalue weighted by Crippen LogP contribution is -2.62. The van der Waals surface area contributed by atoms with E-state index in [1.165, 1.54) is 0 Å². The molecule has 178 valence electrons. The molecule has 0 radical (unpaired) electrons. The van der Waals surface area contributed by atoms with E-state index in [0.717, 1.165) is 0 Å². The highest BCUT2D eigenvalue weighted by molar-refractivity contribution is 5.81. The van der Waals surface area contributed by atoms with Crippen LogP contribution in [0.5, 0.6) is 0 Å². The molecule has 0 aliphatic carbocycles. The van der Waals surface area contributed by atoms with Gasteiger partial charge in [0.1, 0.15) is 42.7 Å². The van der Waals surface area contributed by atoms with E-state index in [-0.39, 0.29) is 6.54 Å². The monoisotopic (exact) mass is 443 g/mol. The third kappa shape index (κ3) is 7.30.